The average molecular weight is 313 g/mol. The number of sulfonamides is 1. The Labute approximate surface area is 126 Å². The van der Waals surface area contributed by atoms with Crippen LogP contribution in [0.1, 0.15) is 32.3 Å². The number of nitrogen functional groups attached to an aromatic ring is 1. The van der Waals surface area contributed by atoms with Gasteiger partial charge in [0, 0.05) is 24.7 Å². The fourth-order valence-corrected chi connectivity index (χ4v) is 2.76. The van der Waals surface area contributed by atoms with Crippen molar-refractivity contribution in [2.75, 3.05) is 12.3 Å². The van der Waals surface area contributed by atoms with Crippen LogP contribution in [0, 0.1) is 6.92 Å². The molecule has 0 aliphatic rings. The van der Waals surface area contributed by atoms with Crippen LogP contribution in [-0.2, 0) is 14.8 Å². The van der Waals surface area contributed by atoms with Gasteiger partial charge in [-0.25, -0.2) is 13.1 Å². The molecule has 6 nitrogen and oxygen atoms in total. The normalized spacial score (nSPS) is 12.9. The van der Waals surface area contributed by atoms with Crippen molar-refractivity contribution >= 4 is 21.6 Å². The first-order valence-electron chi connectivity index (χ1n) is 6.91. The molecule has 1 amide bonds. The van der Waals surface area contributed by atoms with Gasteiger partial charge < -0.3 is 11.1 Å². The SMILES string of the molecule is CCC(C)NC(=O)CCNS(=O)(=O)c1ccc(N)c(C)c1. The Morgan fingerprint density at radius 3 is 2.62 bits per heavy atom. The Kier molecular flexibility index (Phi) is 6.17. The number of carbonyl (C=O) groups excluding carboxylic acids is 1. The second-order valence-corrected chi connectivity index (χ2v) is 6.81. The molecule has 118 valence electrons. The van der Waals surface area contributed by atoms with E-state index in [9.17, 15) is 13.2 Å². The molecule has 4 N–H and O–H groups in total. The lowest BCUT2D eigenvalue weighted by Gasteiger charge is -2.12. The van der Waals surface area contributed by atoms with E-state index in [0.717, 1.165) is 6.42 Å². The maximum atomic E-state index is 12.1. The third kappa shape index (κ3) is 5.35. The molecule has 0 spiro atoms. The highest BCUT2D eigenvalue weighted by molar-refractivity contribution is 7.89. The summed E-state index contributed by atoms with van der Waals surface area (Å²) in [6.45, 7) is 5.68. The van der Waals surface area contributed by atoms with Crippen LogP contribution < -0.4 is 15.8 Å². The standard InChI is InChI=1S/C14H23N3O3S/c1-4-11(3)17-14(18)7-8-16-21(19,20)12-5-6-13(15)10(2)9-12/h5-6,9,11,16H,4,7-8,15H2,1-3H3,(H,17,18). The van der Waals surface area contributed by atoms with Crippen LogP contribution in [0.4, 0.5) is 5.69 Å². The Morgan fingerprint density at radius 1 is 1.38 bits per heavy atom. The first-order chi connectivity index (χ1) is 9.76. The second kappa shape index (κ2) is 7.42. The van der Waals surface area contributed by atoms with Gasteiger partial charge in [0.15, 0.2) is 0 Å². The molecule has 0 bridgehead atoms. The molecule has 0 fully saturated rings. The zero-order chi connectivity index (χ0) is 16.0. The summed E-state index contributed by atoms with van der Waals surface area (Å²) >= 11 is 0. The number of benzene rings is 1. The van der Waals surface area contributed by atoms with Crippen molar-refractivity contribution in [2.24, 2.45) is 0 Å². The summed E-state index contributed by atoms with van der Waals surface area (Å²) in [6, 6.07) is 4.61. The van der Waals surface area contributed by atoms with Crippen molar-refractivity contribution in [3.63, 3.8) is 0 Å². The van der Waals surface area contributed by atoms with Crippen molar-refractivity contribution in [1.82, 2.24) is 10.0 Å². The lowest BCUT2D eigenvalue weighted by molar-refractivity contribution is -0.121. The summed E-state index contributed by atoms with van der Waals surface area (Å²) < 4.78 is 26.6. The monoisotopic (exact) mass is 313 g/mol. The van der Waals surface area contributed by atoms with Gasteiger partial charge >= 0.3 is 0 Å². The van der Waals surface area contributed by atoms with Gasteiger partial charge in [-0.05, 0) is 44.0 Å². The number of hydrogen-bond acceptors (Lipinski definition) is 4. The van der Waals surface area contributed by atoms with E-state index in [-0.39, 0.29) is 29.8 Å². The summed E-state index contributed by atoms with van der Waals surface area (Å²) in [4.78, 5) is 11.7. The molecular weight excluding hydrogens is 290 g/mol. The van der Waals surface area contributed by atoms with Crippen molar-refractivity contribution in [3.8, 4) is 0 Å². The van der Waals surface area contributed by atoms with E-state index in [1.165, 1.54) is 12.1 Å². The Balaban J connectivity index is 2.57. The highest BCUT2D eigenvalue weighted by Gasteiger charge is 2.15. The predicted molar refractivity (Wildman–Crippen MR) is 83.3 cm³/mol. The third-order valence-corrected chi connectivity index (χ3v) is 4.67. The molecular formula is C14H23N3O3S. The third-order valence-electron chi connectivity index (χ3n) is 3.22. The predicted octanol–water partition coefficient (Wildman–Crippen LogP) is 1.16. The van der Waals surface area contributed by atoms with E-state index >= 15 is 0 Å². The minimum Gasteiger partial charge on any atom is -0.399 e. The summed E-state index contributed by atoms with van der Waals surface area (Å²) in [5.74, 6) is -0.166. The van der Waals surface area contributed by atoms with Crippen LogP contribution in [0.2, 0.25) is 0 Å². The van der Waals surface area contributed by atoms with Gasteiger partial charge in [-0.1, -0.05) is 6.92 Å². The largest absolute Gasteiger partial charge is 0.399 e. The van der Waals surface area contributed by atoms with Gasteiger partial charge in [-0.3, -0.25) is 4.79 Å². The summed E-state index contributed by atoms with van der Waals surface area (Å²) in [5, 5.41) is 2.78. The fourth-order valence-electron chi connectivity index (χ4n) is 1.65. The van der Waals surface area contributed by atoms with Gasteiger partial charge in [-0.2, -0.15) is 0 Å². The van der Waals surface area contributed by atoms with Gasteiger partial charge in [0.25, 0.3) is 0 Å². The highest BCUT2D eigenvalue weighted by Crippen LogP contribution is 2.16. The van der Waals surface area contributed by atoms with Crippen molar-refractivity contribution in [1.29, 1.82) is 0 Å². The molecule has 0 heterocycles. The molecule has 1 aromatic carbocycles. The number of anilines is 1. The van der Waals surface area contributed by atoms with Crippen LogP contribution in [0.15, 0.2) is 23.1 Å². The molecule has 7 heteroatoms. The number of hydrogen-bond donors (Lipinski definition) is 3. The maximum Gasteiger partial charge on any atom is 0.240 e. The fraction of sp³-hybridized carbons (Fsp3) is 0.500. The highest BCUT2D eigenvalue weighted by atomic mass is 32.2. The molecule has 1 aromatic rings. The van der Waals surface area contributed by atoms with Crippen LogP contribution in [0.5, 0.6) is 0 Å². The van der Waals surface area contributed by atoms with E-state index in [1.54, 1.807) is 13.0 Å². The summed E-state index contributed by atoms with van der Waals surface area (Å²) in [5.41, 5.74) is 6.91. The Bertz CT molecular complexity index is 599. The van der Waals surface area contributed by atoms with Gasteiger partial charge in [0.2, 0.25) is 15.9 Å². The van der Waals surface area contributed by atoms with E-state index < -0.39 is 10.0 Å². The minimum atomic E-state index is -3.61. The van der Waals surface area contributed by atoms with Crippen molar-refractivity contribution in [2.45, 2.75) is 44.6 Å². The Hall–Kier alpha value is -1.60. The lowest BCUT2D eigenvalue weighted by Crippen LogP contribution is -2.35. The van der Waals surface area contributed by atoms with Gasteiger partial charge in [0.1, 0.15) is 0 Å². The van der Waals surface area contributed by atoms with Crippen LogP contribution in [0.25, 0.3) is 0 Å². The Morgan fingerprint density at radius 2 is 2.05 bits per heavy atom. The number of aryl methyl sites for hydroxylation is 1. The van der Waals surface area contributed by atoms with Crippen LogP contribution in [0.3, 0.4) is 0 Å². The second-order valence-electron chi connectivity index (χ2n) is 5.04. The molecule has 0 aromatic heterocycles. The minimum absolute atomic E-state index is 0.0635. The number of nitrogens with one attached hydrogen (secondary N) is 2. The lowest BCUT2D eigenvalue weighted by atomic mass is 10.2. The molecule has 1 unspecified atom stereocenters. The first kappa shape index (κ1) is 17.5. The molecule has 0 saturated heterocycles. The smallest absolute Gasteiger partial charge is 0.240 e. The van der Waals surface area contributed by atoms with E-state index in [1.807, 2.05) is 13.8 Å². The summed E-state index contributed by atoms with van der Waals surface area (Å²) in [7, 11) is -3.61. The first-order valence-corrected chi connectivity index (χ1v) is 8.39. The molecule has 0 aliphatic heterocycles. The molecule has 0 saturated carbocycles. The van der Waals surface area contributed by atoms with E-state index in [0.29, 0.717) is 11.3 Å². The zero-order valence-electron chi connectivity index (χ0n) is 12.6. The zero-order valence-corrected chi connectivity index (χ0v) is 13.5. The molecule has 0 radical (unpaired) electrons. The molecule has 1 rings (SSSR count). The number of nitrogens with two attached hydrogens (primary N) is 1. The topological polar surface area (TPSA) is 101 Å². The maximum absolute atomic E-state index is 12.1. The van der Waals surface area contributed by atoms with Crippen molar-refractivity contribution < 1.29 is 13.2 Å². The molecule has 1 atom stereocenters. The molecule has 0 aliphatic carbocycles. The van der Waals surface area contributed by atoms with Crippen LogP contribution >= 0.6 is 0 Å². The average Bonchev–Trinajstić information content (AvgIpc) is 2.41. The van der Waals surface area contributed by atoms with Gasteiger partial charge in [0.05, 0.1) is 4.90 Å². The van der Waals surface area contributed by atoms with Gasteiger partial charge in [-0.15, -0.1) is 0 Å². The van der Waals surface area contributed by atoms with Crippen molar-refractivity contribution in [3.05, 3.63) is 23.8 Å². The molecule has 21 heavy (non-hydrogen) atoms. The number of carbonyl (C=O) groups is 1. The quantitative estimate of drug-likeness (QED) is 0.657. The van der Waals surface area contributed by atoms with Crippen LogP contribution in [-0.4, -0.2) is 26.9 Å². The van der Waals surface area contributed by atoms with E-state index in [4.69, 9.17) is 5.73 Å². The number of amides is 1. The summed E-state index contributed by atoms with van der Waals surface area (Å²) in [6.07, 6.45) is 0.944. The number of rotatable bonds is 7. The van der Waals surface area contributed by atoms with E-state index in [2.05, 4.69) is 10.0 Å².